The third kappa shape index (κ3) is 3.62. The summed E-state index contributed by atoms with van der Waals surface area (Å²) in [5, 5.41) is 3.04. The van der Waals surface area contributed by atoms with Gasteiger partial charge in [0.25, 0.3) is 5.91 Å². The van der Waals surface area contributed by atoms with Crippen LogP contribution in [-0.4, -0.2) is 24.2 Å². The SMILES string of the molecule is Cc1ccccc1C(CNC(=O)c1ccc2c(c1)OCO2)c1ccccn1. The minimum atomic E-state index is -0.150. The van der Waals surface area contributed by atoms with E-state index in [0.717, 1.165) is 11.3 Å². The lowest BCUT2D eigenvalue weighted by atomic mass is 9.91. The Kier molecular flexibility index (Phi) is 4.75. The fraction of sp³-hybridized carbons (Fsp3) is 0.182. The van der Waals surface area contributed by atoms with Crippen molar-refractivity contribution in [2.45, 2.75) is 12.8 Å². The van der Waals surface area contributed by atoms with E-state index < -0.39 is 0 Å². The molecule has 0 fully saturated rings. The molecule has 0 saturated carbocycles. The highest BCUT2D eigenvalue weighted by Gasteiger charge is 2.20. The predicted octanol–water partition coefficient (Wildman–Crippen LogP) is 3.68. The smallest absolute Gasteiger partial charge is 0.251 e. The van der Waals surface area contributed by atoms with Crippen molar-refractivity contribution in [1.82, 2.24) is 10.3 Å². The normalized spacial score (nSPS) is 13.2. The summed E-state index contributed by atoms with van der Waals surface area (Å²) in [4.78, 5) is 17.2. The standard InChI is InChI=1S/C22H20N2O3/c1-15-6-2-3-7-17(15)18(19-8-4-5-11-23-19)13-24-22(25)16-9-10-20-21(12-16)27-14-26-20/h2-12,18H,13-14H2,1H3,(H,24,25). The molecule has 136 valence electrons. The number of aryl methyl sites for hydroxylation is 1. The lowest BCUT2D eigenvalue weighted by molar-refractivity contribution is 0.0952. The molecule has 4 rings (SSSR count). The number of nitrogens with zero attached hydrogens (tertiary/aromatic N) is 1. The minimum absolute atomic E-state index is 0.0228. The molecule has 27 heavy (non-hydrogen) atoms. The van der Waals surface area contributed by atoms with Crippen molar-refractivity contribution in [1.29, 1.82) is 0 Å². The Hall–Kier alpha value is -3.34. The molecule has 5 nitrogen and oxygen atoms in total. The molecule has 2 aromatic carbocycles. The summed E-state index contributed by atoms with van der Waals surface area (Å²) in [5.74, 6) is 1.09. The van der Waals surface area contributed by atoms with Gasteiger partial charge in [0.2, 0.25) is 6.79 Å². The van der Waals surface area contributed by atoms with Crippen LogP contribution < -0.4 is 14.8 Å². The van der Waals surface area contributed by atoms with Gasteiger partial charge in [-0.25, -0.2) is 0 Å². The van der Waals surface area contributed by atoms with Crippen molar-refractivity contribution in [3.05, 3.63) is 89.2 Å². The zero-order valence-corrected chi connectivity index (χ0v) is 15.0. The zero-order chi connectivity index (χ0) is 18.6. The van der Waals surface area contributed by atoms with Gasteiger partial charge in [-0.1, -0.05) is 30.3 Å². The summed E-state index contributed by atoms with van der Waals surface area (Å²) >= 11 is 0. The molecule has 0 saturated heterocycles. The number of nitrogens with one attached hydrogen (secondary N) is 1. The van der Waals surface area contributed by atoms with Gasteiger partial charge in [-0.2, -0.15) is 0 Å². The second-order valence-electron chi connectivity index (χ2n) is 6.44. The Morgan fingerprint density at radius 2 is 1.89 bits per heavy atom. The molecular formula is C22H20N2O3. The van der Waals surface area contributed by atoms with E-state index in [0.29, 0.717) is 23.6 Å². The third-order valence-electron chi connectivity index (χ3n) is 4.71. The second-order valence-corrected chi connectivity index (χ2v) is 6.44. The van der Waals surface area contributed by atoms with Crippen LogP contribution >= 0.6 is 0 Å². The Balaban J connectivity index is 1.55. The van der Waals surface area contributed by atoms with E-state index in [-0.39, 0.29) is 18.6 Å². The van der Waals surface area contributed by atoms with Gasteiger partial charge in [0.15, 0.2) is 11.5 Å². The molecular weight excluding hydrogens is 340 g/mol. The summed E-state index contributed by atoms with van der Waals surface area (Å²) < 4.78 is 10.7. The molecule has 3 aromatic rings. The van der Waals surface area contributed by atoms with E-state index in [1.807, 2.05) is 30.3 Å². The van der Waals surface area contributed by atoms with Crippen LogP contribution in [0.25, 0.3) is 0 Å². The molecule has 1 amide bonds. The summed E-state index contributed by atoms with van der Waals surface area (Å²) in [7, 11) is 0. The van der Waals surface area contributed by atoms with Crippen LogP contribution in [0.2, 0.25) is 0 Å². The van der Waals surface area contributed by atoms with Gasteiger partial charge in [-0.3, -0.25) is 9.78 Å². The van der Waals surface area contributed by atoms with E-state index in [4.69, 9.17) is 9.47 Å². The zero-order valence-electron chi connectivity index (χ0n) is 15.0. The van der Waals surface area contributed by atoms with Crippen LogP contribution in [0.15, 0.2) is 66.9 Å². The Morgan fingerprint density at radius 1 is 1.07 bits per heavy atom. The first-order valence-electron chi connectivity index (χ1n) is 8.86. The fourth-order valence-corrected chi connectivity index (χ4v) is 3.27. The summed E-state index contributed by atoms with van der Waals surface area (Å²) in [6.45, 7) is 2.72. The van der Waals surface area contributed by atoms with Crippen LogP contribution in [0.1, 0.15) is 33.1 Å². The van der Waals surface area contributed by atoms with Crippen LogP contribution in [0.5, 0.6) is 11.5 Å². The molecule has 0 aliphatic carbocycles. The van der Waals surface area contributed by atoms with Crippen molar-refractivity contribution < 1.29 is 14.3 Å². The highest BCUT2D eigenvalue weighted by atomic mass is 16.7. The molecule has 1 unspecified atom stereocenters. The van der Waals surface area contributed by atoms with Gasteiger partial charge in [0.1, 0.15) is 0 Å². The fourth-order valence-electron chi connectivity index (χ4n) is 3.27. The molecule has 0 bridgehead atoms. The van der Waals surface area contributed by atoms with Gasteiger partial charge in [0.05, 0.1) is 0 Å². The van der Waals surface area contributed by atoms with Crippen molar-refractivity contribution in [3.63, 3.8) is 0 Å². The average Bonchev–Trinajstić information content (AvgIpc) is 3.18. The number of benzene rings is 2. The van der Waals surface area contributed by atoms with Crippen LogP contribution in [0.3, 0.4) is 0 Å². The van der Waals surface area contributed by atoms with E-state index >= 15 is 0 Å². The number of pyridine rings is 1. The number of hydrogen-bond donors (Lipinski definition) is 1. The number of fused-ring (bicyclic) bond motifs is 1. The van der Waals surface area contributed by atoms with Crippen molar-refractivity contribution >= 4 is 5.91 Å². The first-order valence-corrected chi connectivity index (χ1v) is 8.86. The number of rotatable bonds is 5. The second kappa shape index (κ2) is 7.50. The first kappa shape index (κ1) is 17.1. The number of carbonyl (C=O) groups excluding carboxylic acids is 1. The van der Waals surface area contributed by atoms with Gasteiger partial charge in [-0.15, -0.1) is 0 Å². The maximum Gasteiger partial charge on any atom is 0.251 e. The van der Waals surface area contributed by atoms with Gasteiger partial charge >= 0.3 is 0 Å². The predicted molar refractivity (Wildman–Crippen MR) is 102 cm³/mol. The molecule has 1 aliphatic rings. The molecule has 1 N–H and O–H groups in total. The van der Waals surface area contributed by atoms with E-state index in [2.05, 4.69) is 29.4 Å². The van der Waals surface area contributed by atoms with Crippen molar-refractivity contribution in [2.75, 3.05) is 13.3 Å². The lowest BCUT2D eigenvalue weighted by Crippen LogP contribution is -2.29. The number of aromatic nitrogens is 1. The van der Waals surface area contributed by atoms with Gasteiger partial charge in [-0.05, 0) is 48.4 Å². The van der Waals surface area contributed by atoms with Crippen LogP contribution in [0.4, 0.5) is 0 Å². The van der Waals surface area contributed by atoms with Crippen molar-refractivity contribution in [3.8, 4) is 11.5 Å². The molecule has 1 aliphatic heterocycles. The van der Waals surface area contributed by atoms with E-state index in [1.54, 1.807) is 24.4 Å². The highest BCUT2D eigenvalue weighted by molar-refractivity contribution is 5.95. The number of hydrogen-bond acceptors (Lipinski definition) is 4. The minimum Gasteiger partial charge on any atom is -0.454 e. The molecule has 0 radical (unpaired) electrons. The Bertz CT molecular complexity index is 957. The largest absolute Gasteiger partial charge is 0.454 e. The van der Waals surface area contributed by atoms with Crippen LogP contribution in [0, 0.1) is 6.92 Å². The van der Waals surface area contributed by atoms with E-state index in [9.17, 15) is 4.79 Å². The topological polar surface area (TPSA) is 60.5 Å². The van der Waals surface area contributed by atoms with E-state index in [1.165, 1.54) is 5.56 Å². The average molecular weight is 360 g/mol. The Morgan fingerprint density at radius 3 is 2.70 bits per heavy atom. The van der Waals surface area contributed by atoms with Gasteiger partial charge < -0.3 is 14.8 Å². The molecule has 5 heteroatoms. The maximum absolute atomic E-state index is 12.7. The summed E-state index contributed by atoms with van der Waals surface area (Å²) in [5.41, 5.74) is 3.80. The Labute approximate surface area is 158 Å². The summed E-state index contributed by atoms with van der Waals surface area (Å²) in [6, 6.07) is 19.2. The van der Waals surface area contributed by atoms with Crippen LogP contribution in [-0.2, 0) is 0 Å². The maximum atomic E-state index is 12.7. The molecule has 2 heterocycles. The lowest BCUT2D eigenvalue weighted by Gasteiger charge is -2.20. The third-order valence-corrected chi connectivity index (χ3v) is 4.71. The van der Waals surface area contributed by atoms with Crippen molar-refractivity contribution in [2.24, 2.45) is 0 Å². The van der Waals surface area contributed by atoms with Gasteiger partial charge in [0, 0.05) is 29.9 Å². The molecule has 1 aromatic heterocycles. The first-order chi connectivity index (χ1) is 13.2. The highest BCUT2D eigenvalue weighted by Crippen LogP contribution is 2.32. The monoisotopic (exact) mass is 360 g/mol. The quantitative estimate of drug-likeness (QED) is 0.754. The number of carbonyl (C=O) groups is 1. The summed E-state index contributed by atoms with van der Waals surface area (Å²) in [6.07, 6.45) is 1.78. The molecule has 1 atom stereocenters. The molecule has 0 spiro atoms. The number of ether oxygens (including phenoxy) is 2. The number of amides is 1.